The van der Waals surface area contributed by atoms with Gasteiger partial charge in [0.1, 0.15) is 0 Å². The van der Waals surface area contributed by atoms with Crippen LogP contribution >= 0.6 is 0 Å². The molecule has 0 bridgehead atoms. The first-order valence-corrected chi connectivity index (χ1v) is 6.02. The number of hydrogen-bond donors (Lipinski definition) is 1. The van der Waals surface area contributed by atoms with Gasteiger partial charge in [-0.15, -0.1) is 20.4 Å². The normalized spacial score (nSPS) is 10.9. The third kappa shape index (κ3) is 3.30. The van der Waals surface area contributed by atoms with Gasteiger partial charge in [-0.05, 0) is 12.5 Å². The summed E-state index contributed by atoms with van der Waals surface area (Å²) >= 11 is 0. The fourth-order valence-electron chi connectivity index (χ4n) is 1.49. The van der Waals surface area contributed by atoms with E-state index >= 15 is 0 Å². The SMILES string of the molecule is Cc1nnc(-c2ccc(CNC(C)C)cc2)nn1. The molecule has 0 aliphatic heterocycles. The molecule has 0 aliphatic carbocycles. The van der Waals surface area contributed by atoms with Crippen molar-refractivity contribution < 1.29 is 0 Å². The summed E-state index contributed by atoms with van der Waals surface area (Å²) in [6.07, 6.45) is 0. The second kappa shape index (κ2) is 5.64. The summed E-state index contributed by atoms with van der Waals surface area (Å²) in [6, 6.07) is 8.59. The zero-order chi connectivity index (χ0) is 13.0. The van der Waals surface area contributed by atoms with E-state index in [1.165, 1.54) is 5.56 Å². The van der Waals surface area contributed by atoms with Crippen molar-refractivity contribution in [1.82, 2.24) is 25.7 Å². The molecule has 1 aromatic heterocycles. The van der Waals surface area contributed by atoms with Crippen LogP contribution in [0.5, 0.6) is 0 Å². The minimum atomic E-state index is 0.485. The Morgan fingerprint density at radius 2 is 1.61 bits per heavy atom. The van der Waals surface area contributed by atoms with Gasteiger partial charge in [0, 0.05) is 18.2 Å². The standard InChI is InChI=1S/C13H17N5/c1-9(2)14-8-11-4-6-12(7-5-11)13-17-15-10(3)16-18-13/h4-7,9,14H,8H2,1-3H3. The molecule has 18 heavy (non-hydrogen) atoms. The average molecular weight is 243 g/mol. The molecule has 0 atom stereocenters. The molecule has 0 radical (unpaired) electrons. The lowest BCUT2D eigenvalue weighted by Crippen LogP contribution is -2.21. The van der Waals surface area contributed by atoms with Gasteiger partial charge < -0.3 is 5.32 Å². The Kier molecular flexibility index (Phi) is 3.94. The van der Waals surface area contributed by atoms with E-state index in [0.717, 1.165) is 12.1 Å². The lowest BCUT2D eigenvalue weighted by atomic mass is 10.1. The molecular formula is C13H17N5. The first-order chi connectivity index (χ1) is 8.65. The van der Waals surface area contributed by atoms with Crippen LogP contribution in [0, 0.1) is 6.92 Å². The van der Waals surface area contributed by atoms with Crippen LogP contribution in [0.4, 0.5) is 0 Å². The quantitative estimate of drug-likeness (QED) is 0.886. The van der Waals surface area contributed by atoms with Crippen molar-refractivity contribution in [2.24, 2.45) is 0 Å². The van der Waals surface area contributed by atoms with E-state index in [9.17, 15) is 0 Å². The Labute approximate surface area is 107 Å². The Morgan fingerprint density at radius 3 is 2.17 bits per heavy atom. The molecule has 94 valence electrons. The molecule has 1 N–H and O–H groups in total. The van der Waals surface area contributed by atoms with Crippen LogP contribution in [0.3, 0.4) is 0 Å². The predicted octanol–water partition coefficient (Wildman–Crippen LogP) is 1.74. The first-order valence-electron chi connectivity index (χ1n) is 6.02. The van der Waals surface area contributed by atoms with Gasteiger partial charge in [0.25, 0.3) is 0 Å². The molecule has 1 heterocycles. The Bertz CT molecular complexity index is 490. The van der Waals surface area contributed by atoms with Crippen LogP contribution in [-0.2, 0) is 6.54 Å². The highest BCUT2D eigenvalue weighted by atomic mass is 15.3. The molecule has 2 rings (SSSR count). The molecule has 0 saturated carbocycles. The fraction of sp³-hybridized carbons (Fsp3) is 0.385. The smallest absolute Gasteiger partial charge is 0.203 e. The van der Waals surface area contributed by atoms with E-state index in [0.29, 0.717) is 17.7 Å². The summed E-state index contributed by atoms with van der Waals surface area (Å²) in [7, 11) is 0. The van der Waals surface area contributed by atoms with Crippen molar-refractivity contribution in [3.8, 4) is 11.4 Å². The largest absolute Gasteiger partial charge is 0.310 e. The van der Waals surface area contributed by atoms with Crippen molar-refractivity contribution in [3.63, 3.8) is 0 Å². The van der Waals surface area contributed by atoms with Crippen molar-refractivity contribution in [3.05, 3.63) is 35.7 Å². The van der Waals surface area contributed by atoms with Crippen LogP contribution in [0.25, 0.3) is 11.4 Å². The maximum Gasteiger partial charge on any atom is 0.203 e. The highest BCUT2D eigenvalue weighted by Gasteiger charge is 2.03. The van der Waals surface area contributed by atoms with Crippen molar-refractivity contribution >= 4 is 0 Å². The maximum absolute atomic E-state index is 4.01. The molecule has 0 spiro atoms. The summed E-state index contributed by atoms with van der Waals surface area (Å²) in [5, 5.41) is 19.2. The van der Waals surface area contributed by atoms with Crippen LogP contribution in [0.1, 0.15) is 25.2 Å². The van der Waals surface area contributed by atoms with Crippen LogP contribution in [-0.4, -0.2) is 26.4 Å². The maximum atomic E-state index is 4.01. The molecule has 5 nitrogen and oxygen atoms in total. The van der Waals surface area contributed by atoms with E-state index in [2.05, 4.69) is 51.7 Å². The second-order valence-corrected chi connectivity index (χ2v) is 4.50. The Morgan fingerprint density at radius 1 is 1.00 bits per heavy atom. The monoisotopic (exact) mass is 243 g/mol. The molecule has 1 aromatic carbocycles. The fourth-order valence-corrected chi connectivity index (χ4v) is 1.49. The zero-order valence-corrected chi connectivity index (χ0v) is 10.9. The second-order valence-electron chi connectivity index (χ2n) is 4.50. The van der Waals surface area contributed by atoms with Gasteiger partial charge in [0.2, 0.25) is 5.82 Å². The number of hydrogen-bond acceptors (Lipinski definition) is 5. The van der Waals surface area contributed by atoms with Crippen molar-refractivity contribution in [2.45, 2.75) is 33.4 Å². The summed E-state index contributed by atoms with van der Waals surface area (Å²) in [6.45, 7) is 6.89. The molecule has 0 fully saturated rings. The van der Waals surface area contributed by atoms with Gasteiger partial charge in [-0.25, -0.2) is 0 Å². The topological polar surface area (TPSA) is 63.6 Å². The summed E-state index contributed by atoms with van der Waals surface area (Å²) in [5.41, 5.74) is 2.17. The lowest BCUT2D eigenvalue weighted by molar-refractivity contribution is 0.589. The van der Waals surface area contributed by atoms with Gasteiger partial charge in [-0.3, -0.25) is 0 Å². The van der Waals surface area contributed by atoms with Gasteiger partial charge in [-0.1, -0.05) is 38.1 Å². The first kappa shape index (κ1) is 12.6. The third-order valence-electron chi connectivity index (χ3n) is 2.51. The average Bonchev–Trinajstić information content (AvgIpc) is 2.38. The molecule has 0 amide bonds. The number of rotatable bonds is 4. The van der Waals surface area contributed by atoms with E-state index in [4.69, 9.17) is 0 Å². The summed E-state index contributed by atoms with van der Waals surface area (Å²) in [5.74, 6) is 1.14. The Balaban J connectivity index is 2.09. The predicted molar refractivity (Wildman–Crippen MR) is 69.8 cm³/mol. The van der Waals surface area contributed by atoms with E-state index < -0.39 is 0 Å². The summed E-state index contributed by atoms with van der Waals surface area (Å²) in [4.78, 5) is 0. The van der Waals surface area contributed by atoms with E-state index in [1.54, 1.807) is 6.92 Å². The van der Waals surface area contributed by atoms with Crippen molar-refractivity contribution in [1.29, 1.82) is 0 Å². The minimum Gasteiger partial charge on any atom is -0.310 e. The number of nitrogens with zero attached hydrogens (tertiary/aromatic N) is 4. The van der Waals surface area contributed by atoms with Gasteiger partial charge in [-0.2, -0.15) is 0 Å². The zero-order valence-electron chi connectivity index (χ0n) is 10.9. The molecule has 5 heteroatoms. The molecule has 2 aromatic rings. The molecular weight excluding hydrogens is 226 g/mol. The highest BCUT2D eigenvalue weighted by Crippen LogP contribution is 2.13. The van der Waals surface area contributed by atoms with Gasteiger partial charge in [0.15, 0.2) is 5.82 Å². The molecule has 0 saturated heterocycles. The number of nitrogens with one attached hydrogen (secondary N) is 1. The van der Waals surface area contributed by atoms with Crippen LogP contribution < -0.4 is 5.32 Å². The van der Waals surface area contributed by atoms with E-state index in [1.807, 2.05) is 12.1 Å². The minimum absolute atomic E-state index is 0.485. The lowest BCUT2D eigenvalue weighted by Gasteiger charge is -2.08. The third-order valence-corrected chi connectivity index (χ3v) is 2.51. The van der Waals surface area contributed by atoms with Crippen LogP contribution in [0.2, 0.25) is 0 Å². The summed E-state index contributed by atoms with van der Waals surface area (Å²) < 4.78 is 0. The van der Waals surface area contributed by atoms with Crippen LogP contribution in [0.15, 0.2) is 24.3 Å². The number of aryl methyl sites for hydroxylation is 1. The van der Waals surface area contributed by atoms with Gasteiger partial charge in [0.05, 0.1) is 0 Å². The molecule has 0 aliphatic rings. The van der Waals surface area contributed by atoms with Gasteiger partial charge >= 0.3 is 0 Å². The number of aromatic nitrogens is 4. The Hall–Kier alpha value is -1.88. The van der Waals surface area contributed by atoms with E-state index in [-0.39, 0.29) is 0 Å². The van der Waals surface area contributed by atoms with Crippen molar-refractivity contribution in [2.75, 3.05) is 0 Å². The molecule has 0 unspecified atom stereocenters. The highest BCUT2D eigenvalue weighted by molar-refractivity contribution is 5.54. The number of benzene rings is 1.